The molecule has 5 rings (SSSR count). The monoisotopic (exact) mass is 570 g/mol. The van der Waals surface area contributed by atoms with Gasteiger partial charge in [0.05, 0.1) is 31.4 Å². The number of Topliss-reactive ketones (excluding diaryl/α,β-unsaturated/α-hetero) is 1. The van der Waals surface area contributed by atoms with E-state index in [-0.39, 0.29) is 11.3 Å². The summed E-state index contributed by atoms with van der Waals surface area (Å²) in [4.78, 5) is 31.0. The number of aliphatic hydroxyl groups excluding tert-OH is 1. The lowest BCUT2D eigenvalue weighted by molar-refractivity contribution is -0.140. The van der Waals surface area contributed by atoms with Crippen LogP contribution in [0.25, 0.3) is 5.76 Å². The molecule has 1 unspecified atom stereocenters. The minimum absolute atomic E-state index is 0.0774. The standard InChI is InChI=1S/C34H38N2O6/c1-3-19-41-27-13-14-29(24(2)22-27)32(37)30-31(25-9-7-12-28(23-25)42-26-10-5-4-6-11-26)36(34(39)33(30)38)16-8-15-35-17-20-40-21-18-35/h4-7,9-14,22-23,31,37H,3,8,15-21H2,1-2H3. The van der Waals surface area contributed by atoms with Crippen molar-refractivity contribution >= 4 is 17.4 Å². The zero-order chi connectivity index (χ0) is 29.5. The van der Waals surface area contributed by atoms with Crippen molar-refractivity contribution in [3.05, 3.63) is 95.1 Å². The van der Waals surface area contributed by atoms with Crippen LogP contribution in [0.2, 0.25) is 0 Å². The molecule has 0 aliphatic carbocycles. The Morgan fingerprint density at radius 1 is 0.929 bits per heavy atom. The van der Waals surface area contributed by atoms with Crippen LogP contribution in [0.1, 0.15) is 42.5 Å². The van der Waals surface area contributed by atoms with Crippen LogP contribution in [0.15, 0.2) is 78.4 Å². The molecule has 0 radical (unpaired) electrons. The quantitative estimate of drug-likeness (QED) is 0.179. The number of morpholine rings is 1. The molecule has 1 N–H and O–H groups in total. The summed E-state index contributed by atoms with van der Waals surface area (Å²) in [5.74, 6) is 0.448. The number of nitrogens with zero attached hydrogens (tertiary/aromatic N) is 2. The van der Waals surface area contributed by atoms with Crippen LogP contribution < -0.4 is 9.47 Å². The molecule has 3 aromatic carbocycles. The van der Waals surface area contributed by atoms with Crippen molar-refractivity contribution in [3.8, 4) is 17.2 Å². The van der Waals surface area contributed by atoms with Crippen LogP contribution in [0, 0.1) is 6.92 Å². The molecule has 2 saturated heterocycles. The summed E-state index contributed by atoms with van der Waals surface area (Å²) < 4.78 is 17.3. The number of aryl methyl sites for hydroxylation is 1. The van der Waals surface area contributed by atoms with Crippen LogP contribution in [-0.4, -0.2) is 72.6 Å². The average Bonchev–Trinajstić information content (AvgIpc) is 3.26. The number of aliphatic hydroxyl groups is 1. The highest BCUT2D eigenvalue weighted by Gasteiger charge is 2.46. The number of carbonyl (C=O) groups is 2. The smallest absolute Gasteiger partial charge is 0.295 e. The number of para-hydroxylation sites is 1. The Balaban J connectivity index is 1.50. The highest BCUT2D eigenvalue weighted by Crippen LogP contribution is 2.41. The lowest BCUT2D eigenvalue weighted by atomic mass is 9.93. The van der Waals surface area contributed by atoms with Crippen LogP contribution in [0.3, 0.4) is 0 Å². The molecule has 2 fully saturated rings. The Hall–Kier alpha value is -4.14. The first kappa shape index (κ1) is 29.4. The number of amides is 1. The maximum Gasteiger partial charge on any atom is 0.295 e. The number of benzene rings is 3. The fourth-order valence-electron chi connectivity index (χ4n) is 5.48. The largest absolute Gasteiger partial charge is 0.507 e. The summed E-state index contributed by atoms with van der Waals surface area (Å²) >= 11 is 0. The van der Waals surface area contributed by atoms with Crippen LogP contribution in [-0.2, 0) is 14.3 Å². The Labute approximate surface area is 247 Å². The van der Waals surface area contributed by atoms with E-state index < -0.39 is 17.7 Å². The lowest BCUT2D eigenvalue weighted by Crippen LogP contribution is -2.38. The highest BCUT2D eigenvalue weighted by molar-refractivity contribution is 6.46. The Kier molecular flexibility index (Phi) is 9.56. The van der Waals surface area contributed by atoms with Crippen molar-refractivity contribution in [1.82, 2.24) is 9.80 Å². The third-order valence-corrected chi connectivity index (χ3v) is 7.60. The summed E-state index contributed by atoms with van der Waals surface area (Å²) in [7, 11) is 0. The number of rotatable bonds is 11. The first-order chi connectivity index (χ1) is 20.5. The van der Waals surface area contributed by atoms with E-state index in [2.05, 4.69) is 4.90 Å². The van der Waals surface area contributed by atoms with Crippen LogP contribution in [0.4, 0.5) is 0 Å². The lowest BCUT2D eigenvalue weighted by Gasteiger charge is -2.29. The third kappa shape index (κ3) is 6.66. The fourth-order valence-corrected chi connectivity index (χ4v) is 5.48. The van der Waals surface area contributed by atoms with E-state index in [1.165, 1.54) is 0 Å². The molecule has 0 spiro atoms. The van der Waals surface area contributed by atoms with Gasteiger partial charge in [-0.05, 0) is 73.4 Å². The summed E-state index contributed by atoms with van der Waals surface area (Å²) in [5, 5.41) is 11.6. The predicted octanol–water partition coefficient (Wildman–Crippen LogP) is 5.72. The third-order valence-electron chi connectivity index (χ3n) is 7.60. The molecule has 42 heavy (non-hydrogen) atoms. The van der Waals surface area contributed by atoms with Crippen LogP contribution in [0.5, 0.6) is 17.2 Å². The second kappa shape index (κ2) is 13.7. The Bertz CT molecular complexity index is 1430. The Morgan fingerprint density at radius 2 is 1.69 bits per heavy atom. The van der Waals surface area contributed by atoms with Crippen molar-refractivity contribution in [1.29, 1.82) is 0 Å². The molecule has 1 atom stereocenters. The molecule has 220 valence electrons. The molecule has 3 aromatic rings. The van der Waals surface area contributed by atoms with Crippen molar-refractivity contribution in [2.75, 3.05) is 46.0 Å². The predicted molar refractivity (Wildman–Crippen MR) is 161 cm³/mol. The van der Waals surface area contributed by atoms with E-state index in [0.717, 1.165) is 31.6 Å². The van der Waals surface area contributed by atoms with Gasteiger partial charge >= 0.3 is 0 Å². The van der Waals surface area contributed by atoms with E-state index in [4.69, 9.17) is 14.2 Å². The maximum absolute atomic E-state index is 13.6. The molecule has 0 saturated carbocycles. The van der Waals surface area contributed by atoms with Gasteiger partial charge in [-0.15, -0.1) is 0 Å². The topological polar surface area (TPSA) is 88.5 Å². The second-order valence-corrected chi connectivity index (χ2v) is 10.6. The second-order valence-electron chi connectivity index (χ2n) is 10.6. The molecule has 0 bridgehead atoms. The molecule has 8 heteroatoms. The first-order valence-electron chi connectivity index (χ1n) is 14.6. The van der Waals surface area contributed by atoms with Gasteiger partial charge in [0.15, 0.2) is 0 Å². The molecule has 2 aliphatic heterocycles. The van der Waals surface area contributed by atoms with E-state index in [1.807, 2.05) is 74.5 Å². The number of hydrogen-bond donors (Lipinski definition) is 1. The number of ketones is 1. The first-order valence-corrected chi connectivity index (χ1v) is 14.6. The number of hydrogen-bond acceptors (Lipinski definition) is 7. The normalized spacial score (nSPS) is 18.8. The summed E-state index contributed by atoms with van der Waals surface area (Å²) in [6.45, 7) is 8.71. The van der Waals surface area contributed by atoms with Gasteiger partial charge in [0, 0.05) is 31.7 Å². The van der Waals surface area contributed by atoms with E-state index in [0.29, 0.717) is 61.2 Å². The van der Waals surface area contributed by atoms with E-state index in [1.54, 1.807) is 17.0 Å². The van der Waals surface area contributed by atoms with Gasteiger partial charge in [-0.2, -0.15) is 0 Å². The van der Waals surface area contributed by atoms with Gasteiger partial charge in [-0.1, -0.05) is 37.3 Å². The Morgan fingerprint density at radius 3 is 2.43 bits per heavy atom. The molecule has 2 aliphatic rings. The van der Waals surface area contributed by atoms with Gasteiger partial charge < -0.3 is 24.2 Å². The zero-order valence-electron chi connectivity index (χ0n) is 24.3. The number of likely N-dealkylation sites (tertiary alicyclic amines) is 1. The zero-order valence-corrected chi connectivity index (χ0v) is 24.3. The molecule has 1 amide bonds. The molecule has 2 heterocycles. The minimum Gasteiger partial charge on any atom is -0.507 e. The van der Waals surface area contributed by atoms with Gasteiger partial charge in [-0.3, -0.25) is 14.5 Å². The summed E-state index contributed by atoms with van der Waals surface area (Å²) in [5.41, 5.74) is 2.01. The molecule has 0 aromatic heterocycles. The van der Waals surface area contributed by atoms with Gasteiger partial charge in [-0.25, -0.2) is 0 Å². The van der Waals surface area contributed by atoms with Crippen molar-refractivity contribution < 1.29 is 28.9 Å². The van der Waals surface area contributed by atoms with Crippen molar-refractivity contribution in [2.24, 2.45) is 0 Å². The minimum atomic E-state index is -0.760. The maximum atomic E-state index is 13.6. The fraction of sp³-hybridized carbons (Fsp3) is 0.353. The summed E-state index contributed by atoms with van der Waals surface area (Å²) in [6, 6.07) is 21.4. The number of ether oxygens (including phenoxy) is 3. The van der Waals surface area contributed by atoms with E-state index >= 15 is 0 Å². The van der Waals surface area contributed by atoms with E-state index in [9.17, 15) is 14.7 Å². The van der Waals surface area contributed by atoms with Crippen molar-refractivity contribution in [3.63, 3.8) is 0 Å². The molecule has 8 nitrogen and oxygen atoms in total. The van der Waals surface area contributed by atoms with Gasteiger partial charge in [0.1, 0.15) is 23.0 Å². The van der Waals surface area contributed by atoms with Gasteiger partial charge in [0.2, 0.25) is 0 Å². The SMILES string of the molecule is CCCOc1ccc(C(O)=C2C(=O)C(=O)N(CCCN3CCOCC3)C2c2cccc(Oc3ccccc3)c2)c(C)c1. The molecular weight excluding hydrogens is 532 g/mol. The number of carbonyl (C=O) groups excluding carboxylic acids is 2. The highest BCUT2D eigenvalue weighted by atomic mass is 16.5. The van der Waals surface area contributed by atoms with Gasteiger partial charge in [0.25, 0.3) is 11.7 Å². The average molecular weight is 571 g/mol. The van der Waals surface area contributed by atoms with Crippen molar-refractivity contribution in [2.45, 2.75) is 32.7 Å². The molecular formula is C34H38N2O6. The summed E-state index contributed by atoms with van der Waals surface area (Å²) in [6.07, 6.45) is 1.56. The van der Waals surface area contributed by atoms with Crippen LogP contribution >= 0.6 is 0 Å².